The summed E-state index contributed by atoms with van der Waals surface area (Å²) in [4.78, 5) is 7.96. The van der Waals surface area contributed by atoms with Crippen LogP contribution < -0.4 is 14.2 Å². The lowest BCUT2D eigenvalue weighted by atomic mass is 10.2. The molecule has 3 rings (SSSR count). The molecule has 0 radical (unpaired) electrons. The fraction of sp³-hybridized carbons (Fsp3) is 0.176. The number of halogens is 5. The maximum Gasteiger partial charge on any atom is 0.534 e. The van der Waals surface area contributed by atoms with Gasteiger partial charge in [0, 0.05) is 15.9 Å². The van der Waals surface area contributed by atoms with Crippen LogP contribution in [0.2, 0.25) is 0 Å². The molecule has 3 aromatic rings. The fourth-order valence-corrected chi connectivity index (χ4v) is 3.51. The van der Waals surface area contributed by atoms with E-state index >= 15 is 0 Å². The number of nitrogens with zero attached hydrogens (tertiary/aromatic N) is 2. The number of fused-ring (bicyclic) bond motifs is 1. The summed E-state index contributed by atoms with van der Waals surface area (Å²) in [5.74, 6) is -1.51. The van der Waals surface area contributed by atoms with E-state index in [4.69, 9.17) is 4.74 Å². The first-order valence-corrected chi connectivity index (χ1v) is 10.9. The number of aromatic nitrogens is 2. The Morgan fingerprint density at radius 1 is 1.17 bits per heavy atom. The van der Waals surface area contributed by atoms with Crippen LogP contribution in [-0.4, -0.2) is 31.0 Å². The van der Waals surface area contributed by atoms with E-state index in [0.717, 1.165) is 19.5 Å². The van der Waals surface area contributed by atoms with Crippen molar-refractivity contribution in [1.82, 2.24) is 9.97 Å². The highest BCUT2D eigenvalue weighted by Gasteiger charge is 2.49. The van der Waals surface area contributed by atoms with Crippen LogP contribution in [-0.2, 0) is 14.5 Å². The first kappa shape index (κ1) is 22.3. The van der Waals surface area contributed by atoms with Gasteiger partial charge in [-0.1, -0.05) is 34.7 Å². The molecule has 160 valence electrons. The zero-order chi connectivity index (χ0) is 22.1. The fourth-order valence-electron chi connectivity index (χ4n) is 2.46. The average molecular weight is 557 g/mol. The molecule has 2 aromatic carbocycles. The summed E-state index contributed by atoms with van der Waals surface area (Å²) in [5, 5.41) is 2.84. The second kappa shape index (κ2) is 8.37. The number of anilines is 2. The van der Waals surface area contributed by atoms with E-state index in [2.05, 4.69) is 19.5 Å². The molecule has 0 aliphatic carbocycles. The molecule has 1 N–H and O–H groups in total. The number of nitrogens with one attached hydrogen (secondary N) is 1. The molecule has 0 amide bonds. The number of methoxy groups -OCH3 is 1. The summed E-state index contributed by atoms with van der Waals surface area (Å²) in [6, 6.07) is 6.83. The van der Waals surface area contributed by atoms with Crippen molar-refractivity contribution in [2.75, 3.05) is 12.4 Å². The van der Waals surface area contributed by atoms with Gasteiger partial charge in [0.2, 0.25) is 0 Å². The maximum atomic E-state index is 14.6. The van der Waals surface area contributed by atoms with Gasteiger partial charge in [0.25, 0.3) is 0 Å². The molecule has 1 aromatic heterocycles. The van der Waals surface area contributed by atoms with Gasteiger partial charge in [0.15, 0.2) is 17.3 Å². The highest BCUT2D eigenvalue weighted by atomic mass is 127. The van der Waals surface area contributed by atoms with Crippen LogP contribution in [0.3, 0.4) is 0 Å². The number of ether oxygens (including phenoxy) is 1. The lowest BCUT2D eigenvalue weighted by Crippen LogP contribution is -2.28. The molecule has 0 fully saturated rings. The van der Waals surface area contributed by atoms with Crippen molar-refractivity contribution in [2.24, 2.45) is 0 Å². The molecular formula is C17H12F4IN3O4S. The van der Waals surface area contributed by atoms with Gasteiger partial charge in [-0.3, -0.25) is 0 Å². The Kier molecular flexibility index (Phi) is 6.21. The minimum Gasteiger partial charge on any atom is -0.493 e. The van der Waals surface area contributed by atoms with Crippen LogP contribution in [0, 0.1) is 5.82 Å². The Morgan fingerprint density at radius 3 is 2.53 bits per heavy atom. The quantitative estimate of drug-likeness (QED) is 0.155. The Bertz CT molecular complexity index is 1210. The Morgan fingerprint density at radius 2 is 1.90 bits per heavy atom. The summed E-state index contributed by atoms with van der Waals surface area (Å²) < 4.78 is 85.1. The summed E-state index contributed by atoms with van der Waals surface area (Å²) in [7, 11) is -4.82. The van der Waals surface area contributed by atoms with E-state index in [9.17, 15) is 26.0 Å². The van der Waals surface area contributed by atoms with Gasteiger partial charge in [-0.05, 0) is 17.7 Å². The Balaban J connectivity index is 2.12. The standard InChI is InChI=1S/C17H12F4IN3O4S/c1-28-13-6-12-10(5-14(13)29-30(26,27)17(19,20)21)16(24-8-23-12)25-11-4-2-3-9(7-22)15(11)18/h2-6,8H,7H2,1H3,(H,23,24,25). The average Bonchev–Trinajstić information content (AvgIpc) is 2.68. The summed E-state index contributed by atoms with van der Waals surface area (Å²) in [5.41, 5.74) is -4.93. The molecule has 30 heavy (non-hydrogen) atoms. The van der Waals surface area contributed by atoms with E-state index in [1.807, 2.05) is 22.6 Å². The number of hydrogen-bond donors (Lipinski definition) is 1. The van der Waals surface area contributed by atoms with Crippen LogP contribution in [0.15, 0.2) is 36.7 Å². The molecule has 0 aliphatic rings. The lowest BCUT2D eigenvalue weighted by Gasteiger charge is -2.15. The molecule has 7 nitrogen and oxygen atoms in total. The van der Waals surface area contributed by atoms with Crippen LogP contribution in [0.1, 0.15) is 5.56 Å². The highest BCUT2D eigenvalue weighted by Crippen LogP contribution is 2.38. The molecule has 0 spiro atoms. The van der Waals surface area contributed by atoms with Crippen molar-refractivity contribution in [2.45, 2.75) is 9.94 Å². The van der Waals surface area contributed by atoms with Crippen LogP contribution in [0.5, 0.6) is 11.5 Å². The van der Waals surface area contributed by atoms with Gasteiger partial charge in [0.1, 0.15) is 12.1 Å². The summed E-state index contributed by atoms with van der Waals surface area (Å²) in [6.45, 7) is 0. The van der Waals surface area contributed by atoms with Crippen molar-refractivity contribution in [3.63, 3.8) is 0 Å². The molecular weight excluding hydrogens is 545 g/mol. The van der Waals surface area contributed by atoms with Gasteiger partial charge in [-0.2, -0.15) is 21.6 Å². The van der Waals surface area contributed by atoms with Gasteiger partial charge < -0.3 is 14.2 Å². The van der Waals surface area contributed by atoms with E-state index in [0.29, 0.717) is 9.99 Å². The maximum absolute atomic E-state index is 14.6. The number of rotatable bonds is 6. The van der Waals surface area contributed by atoms with Crippen LogP contribution in [0.4, 0.5) is 29.1 Å². The Labute approximate surface area is 181 Å². The SMILES string of the molecule is COc1cc2ncnc(Nc3cccc(CI)c3F)c2cc1OS(=O)(=O)C(F)(F)F. The largest absolute Gasteiger partial charge is 0.534 e. The van der Waals surface area contributed by atoms with Crippen LogP contribution in [0.25, 0.3) is 10.9 Å². The minimum absolute atomic E-state index is 0.0291. The van der Waals surface area contributed by atoms with Crippen molar-refractivity contribution in [1.29, 1.82) is 0 Å². The van der Waals surface area contributed by atoms with Crippen molar-refractivity contribution < 1.29 is 34.9 Å². The lowest BCUT2D eigenvalue weighted by molar-refractivity contribution is -0.0500. The molecule has 0 saturated carbocycles. The molecule has 0 atom stereocenters. The second-order valence-electron chi connectivity index (χ2n) is 5.76. The first-order chi connectivity index (χ1) is 14.1. The monoisotopic (exact) mass is 557 g/mol. The molecule has 1 heterocycles. The van der Waals surface area contributed by atoms with Crippen molar-refractivity contribution in [3.05, 3.63) is 48.0 Å². The third-order valence-corrected chi connectivity index (χ3v) is 5.67. The van der Waals surface area contributed by atoms with Crippen LogP contribution >= 0.6 is 22.6 Å². The van der Waals surface area contributed by atoms with Gasteiger partial charge in [0.05, 0.1) is 18.3 Å². The normalized spacial score (nSPS) is 12.1. The summed E-state index contributed by atoms with van der Waals surface area (Å²) >= 11 is 2.00. The number of benzene rings is 2. The van der Waals surface area contributed by atoms with Crippen molar-refractivity contribution >= 4 is 55.1 Å². The Hall–Kier alpha value is -2.42. The second-order valence-corrected chi connectivity index (χ2v) is 8.06. The molecule has 0 saturated heterocycles. The smallest absolute Gasteiger partial charge is 0.493 e. The number of alkyl halides is 4. The molecule has 0 bridgehead atoms. The van der Waals surface area contributed by atoms with E-state index < -0.39 is 27.2 Å². The predicted octanol–water partition coefficient (Wildman–Crippen LogP) is 4.68. The topological polar surface area (TPSA) is 90.4 Å². The number of hydrogen-bond acceptors (Lipinski definition) is 7. The third kappa shape index (κ3) is 4.35. The third-order valence-electron chi connectivity index (χ3n) is 3.88. The zero-order valence-corrected chi connectivity index (χ0v) is 18.0. The molecule has 0 aliphatic heterocycles. The van der Waals surface area contributed by atoms with E-state index in [1.54, 1.807) is 12.1 Å². The van der Waals surface area contributed by atoms with E-state index in [-0.39, 0.29) is 28.2 Å². The predicted molar refractivity (Wildman–Crippen MR) is 109 cm³/mol. The highest BCUT2D eigenvalue weighted by molar-refractivity contribution is 14.1. The van der Waals surface area contributed by atoms with Gasteiger partial charge in [-0.25, -0.2) is 14.4 Å². The van der Waals surface area contributed by atoms with Crippen molar-refractivity contribution in [3.8, 4) is 11.5 Å². The van der Waals surface area contributed by atoms with Gasteiger partial charge >= 0.3 is 15.6 Å². The summed E-state index contributed by atoms with van der Waals surface area (Å²) in [6.07, 6.45) is 1.15. The molecule has 13 heteroatoms. The first-order valence-electron chi connectivity index (χ1n) is 8.01. The minimum atomic E-state index is -5.94. The molecule has 0 unspecified atom stereocenters. The van der Waals surface area contributed by atoms with E-state index in [1.165, 1.54) is 12.1 Å². The zero-order valence-electron chi connectivity index (χ0n) is 15.0. The van der Waals surface area contributed by atoms with Gasteiger partial charge in [-0.15, -0.1) is 0 Å².